The number of hydrogen-bond acceptors (Lipinski definition) is 8. The van der Waals surface area contributed by atoms with Gasteiger partial charge in [0.25, 0.3) is 0 Å². The Balaban J connectivity index is 1.38. The predicted molar refractivity (Wildman–Crippen MR) is 300 cm³/mol. The lowest BCUT2D eigenvalue weighted by Gasteiger charge is -2.38. The Morgan fingerprint density at radius 1 is 0.662 bits per heavy atom. The molecule has 408 valence electrons. The van der Waals surface area contributed by atoms with E-state index in [0.717, 1.165) is 32.8 Å². The molecule has 2 aromatic heterocycles. The second-order valence-corrected chi connectivity index (χ2v) is 22.2. The van der Waals surface area contributed by atoms with Gasteiger partial charge in [0.2, 0.25) is 41.4 Å². The summed E-state index contributed by atoms with van der Waals surface area (Å²) in [5.74, 6) is -4.29. The van der Waals surface area contributed by atoms with Crippen molar-refractivity contribution < 1.29 is 33.6 Å². The maximum atomic E-state index is 15.6. The number of carbonyl (C=O) groups excluding carboxylic acids is 7. The average molecular weight is 1050 g/mol. The van der Waals surface area contributed by atoms with E-state index in [9.17, 15) is 9.59 Å². The molecular formula is C61H77N9O7. The lowest BCUT2D eigenvalue weighted by atomic mass is 9.97. The maximum Gasteiger partial charge on any atom is 0.246 e. The molecule has 4 N–H and O–H groups in total. The van der Waals surface area contributed by atoms with Crippen molar-refractivity contribution in [2.75, 3.05) is 20.6 Å². The molecular weight excluding hydrogens is 971 g/mol. The molecule has 2 aliphatic heterocycles. The van der Waals surface area contributed by atoms with Crippen LogP contribution in [0.25, 0.3) is 21.7 Å². The topological polar surface area (TPSA) is 195 Å². The zero-order chi connectivity index (χ0) is 55.7. The second kappa shape index (κ2) is 25.0. The largest absolute Gasteiger partial charge is 0.343 e. The number of aromatic nitrogens is 2. The Kier molecular flexibility index (Phi) is 18.6. The van der Waals surface area contributed by atoms with Crippen LogP contribution in [0.15, 0.2) is 122 Å². The van der Waals surface area contributed by atoms with Crippen LogP contribution in [0.4, 0.5) is 0 Å². The van der Waals surface area contributed by atoms with E-state index >= 15 is 24.0 Å². The van der Waals surface area contributed by atoms with Crippen LogP contribution in [0.2, 0.25) is 0 Å². The standard InChI is InChI=1S/C61H77N9O7/c1-11-61(7,8)70-37-45(46-22-17-18-23-50(46)70)35-49-59(76)68(10)52(30-38(2)3)56(73)64-48(34-42-25-26-44-36-62-28-27-43(44)32-42)54(71)63-40(6)58(75)67(9)51-24-16-13-19-29-69(60(51)77)53(31-39(4)5)57(74)65-47(55(72)66-49)33-41-20-14-12-15-21-41/h11-18,20-23,25-28,32,36-40,47-49,51-53H,1,19,24,29-31,33-35H2,2-10H3,(H,63,71)(H,64,73)(H,65,74)(H,66,72)/b16-13-/t40-,47-,48-,49-,51-,52-,53-/m0/s1. The highest BCUT2D eigenvalue weighted by atomic mass is 16.2. The summed E-state index contributed by atoms with van der Waals surface area (Å²) in [6.07, 6.45) is 12.0. The SMILES string of the molecule is C=CC(C)(C)n1cc(C[C@@H]2NC(=O)[C@H](Cc3ccccc3)NC(=O)[C@H](CC(C)C)N3CC/C=C\C[C@@H](C3=O)N(C)C(=O)[C@H](C)NC(=O)[C@H](Cc3ccc4cnccc4c3)NC(=O)[C@H](CC(C)C)N(C)C2=O)c2ccccc21. The van der Waals surface area contributed by atoms with E-state index in [1.165, 1.54) is 35.7 Å². The van der Waals surface area contributed by atoms with Crippen molar-refractivity contribution in [1.82, 2.24) is 45.5 Å². The molecule has 77 heavy (non-hydrogen) atoms. The number of allylic oxidation sites excluding steroid dienone is 1. The number of benzene rings is 3. The van der Waals surface area contributed by atoms with Gasteiger partial charge in [0.15, 0.2) is 0 Å². The minimum absolute atomic E-state index is 0.00716. The van der Waals surface area contributed by atoms with Crippen molar-refractivity contribution in [3.05, 3.63) is 139 Å². The normalized spacial score (nSPS) is 23.5. The smallest absolute Gasteiger partial charge is 0.246 e. The number of carbonyl (C=O) groups is 7. The second-order valence-electron chi connectivity index (χ2n) is 22.2. The number of nitrogens with zero attached hydrogens (tertiary/aromatic N) is 5. The van der Waals surface area contributed by atoms with Crippen LogP contribution in [0.5, 0.6) is 0 Å². The van der Waals surface area contributed by atoms with Crippen molar-refractivity contribution in [2.45, 2.75) is 141 Å². The molecule has 0 radical (unpaired) electrons. The van der Waals surface area contributed by atoms with Crippen molar-refractivity contribution in [1.29, 1.82) is 0 Å². The van der Waals surface area contributed by atoms with Crippen molar-refractivity contribution in [3.8, 4) is 0 Å². The van der Waals surface area contributed by atoms with Gasteiger partial charge in [-0.25, -0.2) is 0 Å². The minimum atomic E-state index is -1.28. The van der Waals surface area contributed by atoms with Gasteiger partial charge < -0.3 is 40.5 Å². The zero-order valence-corrected chi connectivity index (χ0v) is 46.1. The van der Waals surface area contributed by atoms with E-state index in [4.69, 9.17) is 0 Å². The summed E-state index contributed by atoms with van der Waals surface area (Å²) < 4.78 is 2.08. The van der Waals surface area contributed by atoms with E-state index in [0.29, 0.717) is 12.0 Å². The summed E-state index contributed by atoms with van der Waals surface area (Å²) in [5.41, 5.74) is 2.54. The van der Waals surface area contributed by atoms with Crippen molar-refractivity contribution in [2.24, 2.45) is 11.8 Å². The fourth-order valence-electron chi connectivity index (χ4n) is 10.5. The fraction of sp³-hybridized carbons (Fsp3) is 0.443. The summed E-state index contributed by atoms with van der Waals surface area (Å²) in [6, 6.07) is 16.4. The molecule has 1 fully saturated rings. The monoisotopic (exact) mass is 1050 g/mol. The molecule has 7 amide bonds. The van der Waals surface area contributed by atoms with E-state index in [-0.39, 0.29) is 56.9 Å². The summed E-state index contributed by atoms with van der Waals surface area (Å²) in [7, 11) is 3.04. The van der Waals surface area contributed by atoms with Crippen LogP contribution in [0.1, 0.15) is 90.8 Å². The number of likely N-dealkylation sites (N-methyl/N-ethyl adjacent to an activating group) is 2. The van der Waals surface area contributed by atoms with Crippen molar-refractivity contribution >= 4 is 63.0 Å². The van der Waals surface area contributed by atoms with Crippen LogP contribution in [-0.4, -0.2) is 129 Å². The molecule has 1 saturated heterocycles. The Bertz CT molecular complexity index is 3000. The molecule has 5 aromatic rings. The highest BCUT2D eigenvalue weighted by Crippen LogP contribution is 2.30. The first-order valence-corrected chi connectivity index (χ1v) is 27.0. The van der Waals surface area contributed by atoms with Crippen LogP contribution in [0, 0.1) is 11.8 Å². The molecule has 4 heterocycles. The number of amides is 7. The lowest BCUT2D eigenvalue weighted by molar-refractivity contribution is -0.150. The molecule has 0 unspecified atom stereocenters. The van der Waals surface area contributed by atoms with E-state index in [1.807, 2.05) is 145 Å². The summed E-state index contributed by atoms with van der Waals surface area (Å²) in [5, 5.41) is 14.6. The Hall–Kier alpha value is -7.62. The van der Waals surface area contributed by atoms with Gasteiger partial charge >= 0.3 is 0 Å². The number of hydrogen-bond donors (Lipinski definition) is 4. The molecule has 2 aliphatic rings. The molecule has 7 atom stereocenters. The van der Waals surface area contributed by atoms with Crippen molar-refractivity contribution in [3.63, 3.8) is 0 Å². The van der Waals surface area contributed by atoms with Gasteiger partial charge in [0.05, 0.1) is 5.54 Å². The maximum absolute atomic E-state index is 15.6. The van der Waals surface area contributed by atoms with Crippen LogP contribution in [0.3, 0.4) is 0 Å². The Labute approximate surface area is 453 Å². The number of para-hydroxylation sites is 1. The van der Waals surface area contributed by atoms with E-state index in [1.54, 1.807) is 12.4 Å². The average Bonchev–Trinajstić information content (AvgIpc) is 3.84. The molecule has 0 spiro atoms. The molecule has 2 bridgehead atoms. The number of fused-ring (bicyclic) bond motifs is 4. The molecule has 0 aliphatic carbocycles. The first kappa shape index (κ1) is 57.1. The van der Waals surface area contributed by atoms with Crippen LogP contribution in [-0.2, 0) is 58.4 Å². The fourth-order valence-corrected chi connectivity index (χ4v) is 10.5. The third-order valence-corrected chi connectivity index (χ3v) is 15.0. The Morgan fingerprint density at radius 2 is 1.29 bits per heavy atom. The molecule has 16 heteroatoms. The zero-order valence-electron chi connectivity index (χ0n) is 46.1. The Morgan fingerprint density at radius 3 is 1.97 bits per heavy atom. The van der Waals surface area contributed by atoms with Gasteiger partial charge in [-0.2, -0.15) is 0 Å². The van der Waals surface area contributed by atoms with Gasteiger partial charge in [-0.3, -0.25) is 38.5 Å². The third kappa shape index (κ3) is 13.7. The highest BCUT2D eigenvalue weighted by Gasteiger charge is 2.41. The molecule has 7 rings (SSSR count). The van der Waals surface area contributed by atoms with Gasteiger partial charge in [-0.15, -0.1) is 6.58 Å². The van der Waals surface area contributed by atoms with Gasteiger partial charge in [-0.1, -0.05) is 113 Å². The quantitative estimate of drug-likeness (QED) is 0.103. The van der Waals surface area contributed by atoms with Crippen LogP contribution < -0.4 is 21.3 Å². The van der Waals surface area contributed by atoms with E-state index in [2.05, 4.69) is 37.4 Å². The molecule has 0 saturated carbocycles. The predicted octanol–water partition coefficient (Wildman–Crippen LogP) is 6.40. The summed E-state index contributed by atoms with van der Waals surface area (Å²) in [4.78, 5) is 114. The first-order valence-electron chi connectivity index (χ1n) is 27.0. The van der Waals surface area contributed by atoms with Gasteiger partial charge in [0, 0.05) is 74.8 Å². The highest BCUT2D eigenvalue weighted by molar-refractivity contribution is 5.99. The van der Waals surface area contributed by atoms with Gasteiger partial charge in [-0.05, 0) is 92.5 Å². The number of nitrogens with one attached hydrogen (secondary N) is 4. The molecule has 3 aromatic carbocycles. The van der Waals surface area contributed by atoms with Gasteiger partial charge in [0.1, 0.15) is 42.3 Å². The first-order chi connectivity index (χ1) is 36.7. The minimum Gasteiger partial charge on any atom is -0.343 e. The molecule has 16 nitrogen and oxygen atoms in total. The number of rotatable bonds is 12. The van der Waals surface area contributed by atoms with Crippen LogP contribution >= 0.6 is 0 Å². The summed E-state index contributed by atoms with van der Waals surface area (Å²) in [6.45, 7) is 17.6. The van der Waals surface area contributed by atoms with E-state index < -0.39 is 89.2 Å². The third-order valence-electron chi connectivity index (χ3n) is 15.0. The number of pyridine rings is 1. The lowest BCUT2D eigenvalue weighted by Crippen LogP contribution is -2.61. The summed E-state index contributed by atoms with van der Waals surface area (Å²) >= 11 is 0.